The van der Waals surface area contributed by atoms with E-state index in [4.69, 9.17) is 4.74 Å². The summed E-state index contributed by atoms with van der Waals surface area (Å²) in [6, 6.07) is 7.30. The third-order valence-electron chi connectivity index (χ3n) is 2.37. The lowest BCUT2D eigenvalue weighted by atomic mass is 10.3. The van der Waals surface area contributed by atoms with Crippen LogP contribution < -0.4 is 15.4 Å². The largest absolute Gasteiger partial charge is 0.497 e. The number of carbonyl (C=O) groups is 1. The molecule has 0 bridgehead atoms. The molecule has 5 nitrogen and oxygen atoms in total. The Morgan fingerprint density at radius 3 is 2.83 bits per heavy atom. The lowest BCUT2D eigenvalue weighted by Gasteiger charge is -2.10. The molecule has 0 fully saturated rings. The quantitative estimate of drug-likeness (QED) is 0.703. The zero-order valence-electron chi connectivity index (χ0n) is 11.2. The first kappa shape index (κ1) is 14.5. The normalized spacial score (nSPS) is 10.4. The fourth-order valence-corrected chi connectivity index (χ4v) is 1.41. The van der Waals surface area contributed by atoms with Crippen molar-refractivity contribution in [2.24, 2.45) is 0 Å². The molecule has 100 valence electrons. The van der Waals surface area contributed by atoms with Crippen molar-refractivity contribution in [3.05, 3.63) is 24.3 Å². The van der Waals surface area contributed by atoms with Gasteiger partial charge in [0.2, 0.25) is 5.91 Å². The topological polar surface area (TPSA) is 53.6 Å². The molecule has 5 heteroatoms. The Bertz CT molecular complexity index is 380. The number of methoxy groups -OCH3 is 1. The molecule has 0 saturated heterocycles. The van der Waals surface area contributed by atoms with Crippen LogP contribution in [0.1, 0.15) is 0 Å². The highest BCUT2D eigenvalue weighted by Gasteiger charge is 2.02. The van der Waals surface area contributed by atoms with Crippen LogP contribution in [0.2, 0.25) is 0 Å². The number of hydrogen-bond donors (Lipinski definition) is 2. The second-order valence-electron chi connectivity index (χ2n) is 4.26. The van der Waals surface area contributed by atoms with Gasteiger partial charge in [0.05, 0.1) is 13.7 Å². The fourth-order valence-electron chi connectivity index (χ4n) is 1.41. The number of rotatable bonds is 7. The van der Waals surface area contributed by atoms with E-state index in [-0.39, 0.29) is 5.91 Å². The van der Waals surface area contributed by atoms with Crippen molar-refractivity contribution in [2.45, 2.75) is 0 Å². The third kappa shape index (κ3) is 5.65. The summed E-state index contributed by atoms with van der Waals surface area (Å²) in [6.07, 6.45) is 0. The Hall–Kier alpha value is -1.59. The molecule has 0 unspecified atom stereocenters. The molecule has 0 atom stereocenters. The first-order valence-corrected chi connectivity index (χ1v) is 5.91. The van der Waals surface area contributed by atoms with E-state index >= 15 is 0 Å². The molecule has 0 spiro atoms. The Morgan fingerprint density at radius 2 is 2.17 bits per heavy atom. The molecule has 2 N–H and O–H groups in total. The second-order valence-corrected chi connectivity index (χ2v) is 4.26. The standard InChI is InChI=1S/C13H21N3O2/c1-16(2)8-7-14-10-13(17)15-11-5-4-6-12(9-11)18-3/h4-6,9,14H,7-8,10H2,1-3H3,(H,15,17). The molecule has 0 radical (unpaired) electrons. The molecule has 0 aliphatic carbocycles. The number of anilines is 1. The van der Waals surface area contributed by atoms with E-state index in [1.54, 1.807) is 13.2 Å². The van der Waals surface area contributed by atoms with Crippen LogP contribution in [0.25, 0.3) is 0 Å². The van der Waals surface area contributed by atoms with Gasteiger partial charge in [-0.2, -0.15) is 0 Å². The van der Waals surface area contributed by atoms with E-state index in [1.165, 1.54) is 0 Å². The highest BCUT2D eigenvalue weighted by atomic mass is 16.5. The average molecular weight is 251 g/mol. The highest BCUT2D eigenvalue weighted by Crippen LogP contribution is 2.16. The number of benzene rings is 1. The Labute approximate surface area is 108 Å². The molecule has 1 aromatic rings. The van der Waals surface area contributed by atoms with Gasteiger partial charge < -0.3 is 20.3 Å². The summed E-state index contributed by atoms with van der Waals surface area (Å²) < 4.78 is 5.09. The van der Waals surface area contributed by atoms with Crippen molar-refractivity contribution >= 4 is 11.6 Å². The van der Waals surface area contributed by atoms with Crippen LogP contribution in [-0.2, 0) is 4.79 Å². The van der Waals surface area contributed by atoms with Crippen LogP contribution in [-0.4, -0.2) is 51.6 Å². The van der Waals surface area contributed by atoms with E-state index in [0.29, 0.717) is 6.54 Å². The molecule has 1 amide bonds. The first-order valence-electron chi connectivity index (χ1n) is 5.91. The smallest absolute Gasteiger partial charge is 0.238 e. The van der Waals surface area contributed by atoms with E-state index in [2.05, 4.69) is 15.5 Å². The van der Waals surface area contributed by atoms with Crippen LogP contribution in [0.4, 0.5) is 5.69 Å². The summed E-state index contributed by atoms with van der Waals surface area (Å²) in [5.74, 6) is 0.676. The van der Waals surface area contributed by atoms with Gasteiger partial charge in [-0.3, -0.25) is 4.79 Å². The minimum atomic E-state index is -0.0537. The zero-order valence-corrected chi connectivity index (χ0v) is 11.2. The highest BCUT2D eigenvalue weighted by molar-refractivity contribution is 5.92. The lowest BCUT2D eigenvalue weighted by molar-refractivity contribution is -0.115. The molecule has 1 aromatic carbocycles. The van der Waals surface area contributed by atoms with E-state index < -0.39 is 0 Å². The van der Waals surface area contributed by atoms with Crippen LogP contribution in [0.5, 0.6) is 5.75 Å². The second kappa shape index (κ2) is 7.68. The monoisotopic (exact) mass is 251 g/mol. The van der Waals surface area contributed by atoms with Gasteiger partial charge in [0.25, 0.3) is 0 Å². The number of amides is 1. The summed E-state index contributed by atoms with van der Waals surface area (Å²) >= 11 is 0. The Kier molecular flexibility index (Phi) is 6.18. The molecule has 0 saturated carbocycles. The van der Waals surface area contributed by atoms with Gasteiger partial charge in [-0.05, 0) is 26.2 Å². The van der Waals surface area contributed by atoms with Crippen molar-refractivity contribution in [1.82, 2.24) is 10.2 Å². The lowest BCUT2D eigenvalue weighted by Crippen LogP contribution is -2.33. The maximum Gasteiger partial charge on any atom is 0.238 e. The molecule has 0 heterocycles. The van der Waals surface area contributed by atoms with Crippen molar-refractivity contribution in [3.8, 4) is 5.75 Å². The van der Waals surface area contributed by atoms with Gasteiger partial charge in [-0.25, -0.2) is 0 Å². The maximum atomic E-state index is 11.6. The predicted octanol–water partition coefficient (Wildman–Crippen LogP) is 0.785. The summed E-state index contributed by atoms with van der Waals surface area (Å²) in [6.45, 7) is 2.01. The van der Waals surface area contributed by atoms with Gasteiger partial charge in [0, 0.05) is 24.8 Å². The maximum absolute atomic E-state index is 11.6. The Balaban J connectivity index is 2.30. The molecular weight excluding hydrogens is 230 g/mol. The van der Waals surface area contributed by atoms with E-state index in [0.717, 1.165) is 24.5 Å². The van der Waals surface area contributed by atoms with Crippen molar-refractivity contribution in [1.29, 1.82) is 0 Å². The molecule has 1 rings (SSSR count). The SMILES string of the molecule is COc1cccc(NC(=O)CNCCN(C)C)c1. The van der Waals surface area contributed by atoms with Gasteiger partial charge in [-0.15, -0.1) is 0 Å². The molecule has 18 heavy (non-hydrogen) atoms. The van der Waals surface area contributed by atoms with Crippen molar-refractivity contribution in [2.75, 3.05) is 46.2 Å². The Morgan fingerprint density at radius 1 is 1.39 bits per heavy atom. The number of likely N-dealkylation sites (N-methyl/N-ethyl adjacent to an activating group) is 1. The molecular formula is C13H21N3O2. The minimum absolute atomic E-state index is 0.0537. The van der Waals surface area contributed by atoms with Crippen LogP contribution in [0.15, 0.2) is 24.3 Å². The average Bonchev–Trinajstić information content (AvgIpc) is 2.34. The van der Waals surface area contributed by atoms with E-state index in [1.807, 2.05) is 32.3 Å². The van der Waals surface area contributed by atoms with Gasteiger partial charge in [0.1, 0.15) is 5.75 Å². The third-order valence-corrected chi connectivity index (χ3v) is 2.37. The fraction of sp³-hybridized carbons (Fsp3) is 0.462. The molecule has 0 aliphatic heterocycles. The molecule has 0 aliphatic rings. The summed E-state index contributed by atoms with van der Waals surface area (Å²) in [4.78, 5) is 13.7. The number of nitrogens with one attached hydrogen (secondary N) is 2. The van der Waals surface area contributed by atoms with Gasteiger partial charge in [0.15, 0.2) is 0 Å². The van der Waals surface area contributed by atoms with Gasteiger partial charge in [-0.1, -0.05) is 6.07 Å². The molecule has 0 aromatic heterocycles. The van der Waals surface area contributed by atoms with Crippen molar-refractivity contribution < 1.29 is 9.53 Å². The summed E-state index contributed by atoms with van der Waals surface area (Å²) in [5.41, 5.74) is 0.744. The van der Waals surface area contributed by atoms with Crippen LogP contribution >= 0.6 is 0 Å². The predicted molar refractivity (Wildman–Crippen MR) is 73.0 cm³/mol. The zero-order chi connectivity index (χ0) is 13.4. The summed E-state index contributed by atoms with van der Waals surface area (Å²) in [7, 11) is 5.60. The number of ether oxygens (including phenoxy) is 1. The van der Waals surface area contributed by atoms with E-state index in [9.17, 15) is 4.79 Å². The van der Waals surface area contributed by atoms with Crippen LogP contribution in [0.3, 0.4) is 0 Å². The van der Waals surface area contributed by atoms with Crippen molar-refractivity contribution in [3.63, 3.8) is 0 Å². The van der Waals surface area contributed by atoms with Gasteiger partial charge >= 0.3 is 0 Å². The number of hydrogen-bond acceptors (Lipinski definition) is 4. The first-order chi connectivity index (χ1) is 8.61. The van der Waals surface area contributed by atoms with Crippen LogP contribution in [0, 0.1) is 0 Å². The minimum Gasteiger partial charge on any atom is -0.497 e. The summed E-state index contributed by atoms with van der Waals surface area (Å²) in [5, 5.41) is 5.89. The number of carbonyl (C=O) groups excluding carboxylic acids is 1. The number of nitrogens with zero attached hydrogens (tertiary/aromatic N) is 1.